The van der Waals surface area contributed by atoms with Crippen molar-refractivity contribution in [3.63, 3.8) is 0 Å². The standard InChI is InChI=1S/C13H23N3O/c14-9-6-11-2-1-3-12(7-9)16(11)8-10-4-5-13(17)15-10/h9-12H,1-8,14H2,(H,15,17). The van der Waals surface area contributed by atoms with Crippen LogP contribution in [-0.4, -0.2) is 41.5 Å². The van der Waals surface area contributed by atoms with Crippen LogP contribution in [0, 0.1) is 0 Å². The summed E-state index contributed by atoms with van der Waals surface area (Å²) >= 11 is 0. The van der Waals surface area contributed by atoms with Crippen molar-refractivity contribution >= 4 is 5.91 Å². The average molecular weight is 237 g/mol. The summed E-state index contributed by atoms with van der Waals surface area (Å²) < 4.78 is 0. The number of nitrogens with two attached hydrogens (primary N) is 1. The Labute approximate surface area is 103 Å². The zero-order valence-electron chi connectivity index (χ0n) is 10.4. The average Bonchev–Trinajstić information content (AvgIpc) is 2.65. The SMILES string of the molecule is NC1CC2CCCC(C1)N2CC1CCC(=O)N1. The Kier molecular flexibility index (Phi) is 3.09. The summed E-state index contributed by atoms with van der Waals surface area (Å²) in [6.45, 7) is 1.05. The Morgan fingerprint density at radius 1 is 1.24 bits per heavy atom. The molecule has 0 aromatic rings. The summed E-state index contributed by atoms with van der Waals surface area (Å²) in [5.74, 6) is 0.230. The molecule has 4 heteroatoms. The van der Waals surface area contributed by atoms with Gasteiger partial charge in [-0.05, 0) is 32.1 Å². The molecule has 3 fully saturated rings. The van der Waals surface area contributed by atoms with E-state index in [1.807, 2.05) is 0 Å². The molecule has 3 saturated heterocycles. The fraction of sp³-hybridized carbons (Fsp3) is 0.923. The van der Waals surface area contributed by atoms with E-state index in [1.54, 1.807) is 0 Å². The highest BCUT2D eigenvalue weighted by Gasteiger charge is 2.38. The Hall–Kier alpha value is -0.610. The first-order chi connectivity index (χ1) is 8.22. The Morgan fingerprint density at radius 3 is 2.53 bits per heavy atom. The van der Waals surface area contributed by atoms with Crippen LogP contribution >= 0.6 is 0 Å². The first-order valence-corrected chi connectivity index (χ1v) is 7.03. The number of amides is 1. The smallest absolute Gasteiger partial charge is 0.220 e. The monoisotopic (exact) mass is 237 g/mol. The highest BCUT2D eigenvalue weighted by molar-refractivity contribution is 5.78. The maximum atomic E-state index is 11.2. The minimum absolute atomic E-state index is 0.230. The number of piperidine rings is 2. The molecule has 0 aromatic heterocycles. The van der Waals surface area contributed by atoms with Gasteiger partial charge in [0.15, 0.2) is 0 Å². The summed E-state index contributed by atoms with van der Waals surface area (Å²) in [6, 6.07) is 2.14. The highest BCUT2D eigenvalue weighted by Crippen LogP contribution is 2.33. The van der Waals surface area contributed by atoms with Gasteiger partial charge in [0.2, 0.25) is 5.91 Å². The molecule has 3 rings (SSSR count). The van der Waals surface area contributed by atoms with E-state index in [0.717, 1.165) is 25.8 Å². The third-order valence-corrected chi connectivity index (χ3v) is 4.68. The number of carbonyl (C=O) groups excluding carboxylic acids is 1. The van der Waals surface area contributed by atoms with E-state index in [-0.39, 0.29) is 5.91 Å². The van der Waals surface area contributed by atoms with E-state index in [9.17, 15) is 4.79 Å². The van der Waals surface area contributed by atoms with E-state index >= 15 is 0 Å². The van der Waals surface area contributed by atoms with Crippen LogP contribution in [0.4, 0.5) is 0 Å². The minimum Gasteiger partial charge on any atom is -0.352 e. The second kappa shape index (κ2) is 4.58. The van der Waals surface area contributed by atoms with E-state index in [2.05, 4.69) is 10.2 Å². The zero-order valence-corrected chi connectivity index (χ0v) is 10.4. The van der Waals surface area contributed by atoms with Crippen molar-refractivity contribution in [1.29, 1.82) is 0 Å². The number of rotatable bonds is 2. The molecule has 3 aliphatic rings. The van der Waals surface area contributed by atoms with Crippen molar-refractivity contribution in [3.8, 4) is 0 Å². The molecule has 3 atom stereocenters. The molecule has 3 N–H and O–H groups in total. The first-order valence-electron chi connectivity index (χ1n) is 7.03. The lowest BCUT2D eigenvalue weighted by atomic mass is 9.82. The molecule has 0 aromatic carbocycles. The second-order valence-corrected chi connectivity index (χ2v) is 5.97. The van der Waals surface area contributed by atoms with Gasteiger partial charge in [0.05, 0.1) is 0 Å². The molecule has 17 heavy (non-hydrogen) atoms. The van der Waals surface area contributed by atoms with E-state index in [1.165, 1.54) is 19.3 Å². The molecule has 2 bridgehead atoms. The quantitative estimate of drug-likeness (QED) is 0.740. The summed E-state index contributed by atoms with van der Waals surface area (Å²) in [5, 5.41) is 3.09. The largest absolute Gasteiger partial charge is 0.352 e. The molecule has 0 saturated carbocycles. The third kappa shape index (κ3) is 2.33. The third-order valence-electron chi connectivity index (χ3n) is 4.68. The van der Waals surface area contributed by atoms with Gasteiger partial charge in [-0.15, -0.1) is 0 Å². The molecule has 4 nitrogen and oxygen atoms in total. The van der Waals surface area contributed by atoms with Gasteiger partial charge in [0.1, 0.15) is 0 Å². The number of carbonyl (C=O) groups is 1. The number of fused-ring (bicyclic) bond motifs is 2. The van der Waals surface area contributed by atoms with Crippen LogP contribution in [0.15, 0.2) is 0 Å². The molecule has 0 spiro atoms. The molecule has 0 radical (unpaired) electrons. The Balaban J connectivity index is 1.64. The van der Waals surface area contributed by atoms with Crippen LogP contribution in [0.1, 0.15) is 44.9 Å². The number of nitrogens with one attached hydrogen (secondary N) is 1. The van der Waals surface area contributed by atoms with Gasteiger partial charge in [0, 0.05) is 37.1 Å². The van der Waals surface area contributed by atoms with Gasteiger partial charge in [-0.25, -0.2) is 0 Å². The normalized spacial score (nSPS) is 42.5. The van der Waals surface area contributed by atoms with Gasteiger partial charge in [0.25, 0.3) is 0 Å². The van der Waals surface area contributed by atoms with Gasteiger partial charge in [-0.1, -0.05) is 6.42 Å². The lowest BCUT2D eigenvalue weighted by molar-refractivity contribution is -0.119. The topological polar surface area (TPSA) is 58.4 Å². The molecule has 3 aliphatic heterocycles. The van der Waals surface area contributed by atoms with E-state index in [4.69, 9.17) is 5.73 Å². The summed E-state index contributed by atoms with van der Waals surface area (Å²) in [5.41, 5.74) is 6.12. The van der Waals surface area contributed by atoms with Crippen molar-refractivity contribution in [2.45, 2.75) is 69.1 Å². The molecular weight excluding hydrogens is 214 g/mol. The molecule has 1 amide bonds. The molecule has 3 unspecified atom stereocenters. The number of hydrogen-bond donors (Lipinski definition) is 2. The molecule has 3 heterocycles. The van der Waals surface area contributed by atoms with Gasteiger partial charge < -0.3 is 11.1 Å². The first kappa shape index (κ1) is 11.5. The maximum Gasteiger partial charge on any atom is 0.220 e. The van der Waals surface area contributed by atoms with Crippen LogP contribution in [-0.2, 0) is 4.79 Å². The highest BCUT2D eigenvalue weighted by atomic mass is 16.1. The van der Waals surface area contributed by atoms with Crippen LogP contribution < -0.4 is 11.1 Å². The fourth-order valence-corrected chi connectivity index (χ4v) is 3.89. The van der Waals surface area contributed by atoms with E-state index in [0.29, 0.717) is 30.6 Å². The molecule has 96 valence electrons. The summed E-state index contributed by atoms with van der Waals surface area (Å²) in [4.78, 5) is 13.9. The van der Waals surface area contributed by atoms with Crippen molar-refractivity contribution in [2.24, 2.45) is 5.73 Å². The lowest BCUT2D eigenvalue weighted by Gasteiger charge is -2.49. The van der Waals surface area contributed by atoms with Crippen LogP contribution in [0.2, 0.25) is 0 Å². The van der Waals surface area contributed by atoms with Crippen LogP contribution in [0.3, 0.4) is 0 Å². The Morgan fingerprint density at radius 2 is 1.94 bits per heavy atom. The van der Waals surface area contributed by atoms with Crippen molar-refractivity contribution < 1.29 is 4.79 Å². The maximum absolute atomic E-state index is 11.2. The molecular formula is C13H23N3O. The van der Waals surface area contributed by atoms with Crippen molar-refractivity contribution in [3.05, 3.63) is 0 Å². The predicted octanol–water partition coefficient (Wildman–Crippen LogP) is 0.609. The summed E-state index contributed by atoms with van der Waals surface area (Å²) in [6.07, 6.45) is 7.98. The van der Waals surface area contributed by atoms with Gasteiger partial charge in [-0.2, -0.15) is 0 Å². The summed E-state index contributed by atoms with van der Waals surface area (Å²) in [7, 11) is 0. The van der Waals surface area contributed by atoms with Crippen LogP contribution in [0.25, 0.3) is 0 Å². The van der Waals surface area contributed by atoms with Crippen molar-refractivity contribution in [1.82, 2.24) is 10.2 Å². The Bertz CT molecular complexity index is 293. The number of hydrogen-bond acceptors (Lipinski definition) is 3. The van der Waals surface area contributed by atoms with E-state index < -0.39 is 0 Å². The minimum atomic E-state index is 0.230. The van der Waals surface area contributed by atoms with Gasteiger partial charge >= 0.3 is 0 Å². The molecule has 0 aliphatic carbocycles. The zero-order chi connectivity index (χ0) is 11.8. The number of nitrogens with zero attached hydrogens (tertiary/aromatic N) is 1. The van der Waals surface area contributed by atoms with Gasteiger partial charge in [-0.3, -0.25) is 9.69 Å². The predicted molar refractivity (Wildman–Crippen MR) is 66.5 cm³/mol. The fourth-order valence-electron chi connectivity index (χ4n) is 3.89. The second-order valence-electron chi connectivity index (χ2n) is 5.97. The lowest BCUT2D eigenvalue weighted by Crippen LogP contribution is -2.57. The van der Waals surface area contributed by atoms with Crippen molar-refractivity contribution in [2.75, 3.05) is 6.54 Å². The van der Waals surface area contributed by atoms with Crippen LogP contribution in [0.5, 0.6) is 0 Å².